The molecular weight excluding hydrogens is 382 g/mol. The van der Waals surface area contributed by atoms with Gasteiger partial charge >= 0.3 is 0 Å². The summed E-state index contributed by atoms with van der Waals surface area (Å²) in [5, 5.41) is 15.0. The molecule has 146 valence electrons. The lowest BCUT2D eigenvalue weighted by Crippen LogP contribution is -2.17. The molecule has 11 heteroatoms. The van der Waals surface area contributed by atoms with E-state index in [1.165, 1.54) is 10.9 Å². The van der Waals surface area contributed by atoms with Crippen LogP contribution in [0.25, 0.3) is 0 Å². The van der Waals surface area contributed by atoms with Crippen molar-refractivity contribution in [1.82, 2.24) is 14.9 Å². The number of thioether (sulfide) groups is 1. The van der Waals surface area contributed by atoms with Gasteiger partial charge in [-0.25, -0.2) is 10.1 Å². The fourth-order valence-corrected chi connectivity index (χ4v) is 2.85. The van der Waals surface area contributed by atoms with Gasteiger partial charge in [-0.2, -0.15) is 5.10 Å². The molecule has 0 aliphatic rings. The van der Waals surface area contributed by atoms with Crippen molar-refractivity contribution in [3.63, 3.8) is 0 Å². The van der Waals surface area contributed by atoms with Crippen LogP contribution >= 0.6 is 11.8 Å². The summed E-state index contributed by atoms with van der Waals surface area (Å²) in [5.74, 6) is 8.00. The van der Waals surface area contributed by atoms with E-state index in [0.717, 1.165) is 17.5 Å². The molecule has 0 aliphatic heterocycles. The maximum atomic E-state index is 12.2. The Labute approximate surface area is 165 Å². The number of nitrogen functional groups attached to an aromatic ring is 1. The van der Waals surface area contributed by atoms with E-state index in [0.29, 0.717) is 22.4 Å². The smallest absolute Gasteiger partial charge is 0.264 e. The van der Waals surface area contributed by atoms with Crippen LogP contribution in [0.15, 0.2) is 51.1 Å². The summed E-state index contributed by atoms with van der Waals surface area (Å²) < 4.78 is 11.8. The fourth-order valence-electron chi connectivity index (χ4n) is 2.19. The average molecular weight is 401 g/mol. The third-order valence-corrected chi connectivity index (χ3v) is 4.44. The van der Waals surface area contributed by atoms with Gasteiger partial charge in [0.15, 0.2) is 0 Å². The third-order valence-electron chi connectivity index (χ3n) is 3.50. The van der Waals surface area contributed by atoms with Crippen LogP contribution in [0.2, 0.25) is 0 Å². The van der Waals surface area contributed by atoms with Gasteiger partial charge in [-0.1, -0.05) is 23.9 Å². The van der Waals surface area contributed by atoms with Gasteiger partial charge in [0.1, 0.15) is 17.3 Å². The molecule has 2 heterocycles. The molecule has 0 unspecified atom stereocenters. The monoisotopic (exact) mass is 401 g/mol. The Morgan fingerprint density at radius 2 is 2.18 bits per heavy atom. The van der Waals surface area contributed by atoms with Crippen LogP contribution in [0.5, 0.6) is 5.75 Å². The van der Waals surface area contributed by atoms with Gasteiger partial charge in [0, 0.05) is 0 Å². The number of rotatable bonds is 8. The zero-order chi connectivity index (χ0) is 19.9. The van der Waals surface area contributed by atoms with Crippen molar-refractivity contribution < 1.29 is 13.9 Å². The molecule has 1 amide bonds. The Morgan fingerprint density at radius 3 is 2.93 bits per heavy atom. The molecule has 0 radical (unpaired) electrons. The first kappa shape index (κ1) is 19.3. The van der Waals surface area contributed by atoms with Gasteiger partial charge < -0.3 is 20.3 Å². The summed E-state index contributed by atoms with van der Waals surface area (Å²) in [5.41, 5.74) is 3.27. The lowest BCUT2D eigenvalue weighted by atomic mass is 10.3. The number of aryl methyl sites for hydroxylation is 1. The van der Waals surface area contributed by atoms with Crippen LogP contribution in [-0.4, -0.2) is 39.9 Å². The van der Waals surface area contributed by atoms with Crippen LogP contribution in [0, 0.1) is 6.92 Å². The van der Waals surface area contributed by atoms with Crippen molar-refractivity contribution in [3.05, 3.63) is 47.9 Å². The number of hydrazone groups is 1. The number of hydrogen-bond acceptors (Lipinski definition) is 9. The van der Waals surface area contributed by atoms with E-state index in [2.05, 4.69) is 26.0 Å². The molecule has 3 rings (SSSR count). The van der Waals surface area contributed by atoms with E-state index in [9.17, 15) is 4.79 Å². The molecule has 1 aromatic carbocycles. The van der Waals surface area contributed by atoms with E-state index < -0.39 is 0 Å². The van der Waals surface area contributed by atoms with Gasteiger partial charge in [0.25, 0.3) is 5.95 Å². The Hall–Kier alpha value is -3.47. The van der Waals surface area contributed by atoms with Gasteiger partial charge in [-0.3, -0.25) is 4.79 Å². The van der Waals surface area contributed by atoms with E-state index >= 15 is 0 Å². The minimum Gasteiger partial charge on any atom is -0.495 e. The number of amides is 1. The number of methoxy groups -OCH3 is 1. The predicted molar refractivity (Wildman–Crippen MR) is 107 cm³/mol. The van der Waals surface area contributed by atoms with Crippen LogP contribution < -0.4 is 21.3 Å². The SMILES string of the molecule is COc1ccccc1NC(=O)CSc1nnc(N/N=C/c2ccc(C)o2)n1N. The van der Waals surface area contributed by atoms with Gasteiger partial charge in [0.05, 0.1) is 24.8 Å². The number of anilines is 2. The summed E-state index contributed by atoms with van der Waals surface area (Å²) in [6.07, 6.45) is 1.50. The van der Waals surface area contributed by atoms with E-state index in [1.54, 1.807) is 25.3 Å². The molecule has 0 saturated carbocycles. The molecule has 3 aromatic rings. The number of benzene rings is 1. The highest BCUT2D eigenvalue weighted by Crippen LogP contribution is 2.24. The molecule has 0 fully saturated rings. The molecule has 0 aliphatic carbocycles. The average Bonchev–Trinajstić information content (AvgIpc) is 3.26. The topological polar surface area (TPSA) is 133 Å². The van der Waals surface area contributed by atoms with Crippen LogP contribution in [0.1, 0.15) is 11.5 Å². The van der Waals surface area contributed by atoms with Crippen molar-refractivity contribution in [1.29, 1.82) is 0 Å². The highest BCUT2D eigenvalue weighted by molar-refractivity contribution is 7.99. The largest absolute Gasteiger partial charge is 0.495 e. The molecule has 4 N–H and O–H groups in total. The number of hydrogen-bond donors (Lipinski definition) is 3. The molecule has 0 saturated heterocycles. The number of furan rings is 1. The maximum Gasteiger partial charge on any atom is 0.264 e. The number of ether oxygens (including phenoxy) is 1. The van der Waals surface area contributed by atoms with Crippen LogP contribution in [0.3, 0.4) is 0 Å². The number of nitrogens with one attached hydrogen (secondary N) is 2. The zero-order valence-corrected chi connectivity index (χ0v) is 16.1. The van der Waals surface area contributed by atoms with Crippen molar-refractivity contribution in [2.24, 2.45) is 5.10 Å². The van der Waals surface area contributed by atoms with Gasteiger partial charge in [-0.15, -0.1) is 10.2 Å². The minimum absolute atomic E-state index is 0.0995. The normalized spacial score (nSPS) is 10.9. The van der Waals surface area contributed by atoms with Crippen molar-refractivity contribution in [2.45, 2.75) is 12.1 Å². The Balaban J connectivity index is 1.53. The highest BCUT2D eigenvalue weighted by atomic mass is 32.2. The van der Waals surface area contributed by atoms with E-state index in [-0.39, 0.29) is 17.6 Å². The summed E-state index contributed by atoms with van der Waals surface area (Å²) >= 11 is 1.14. The van der Waals surface area contributed by atoms with E-state index in [1.807, 2.05) is 25.1 Å². The van der Waals surface area contributed by atoms with Crippen molar-refractivity contribution in [3.8, 4) is 5.75 Å². The first-order valence-corrected chi connectivity index (χ1v) is 9.17. The van der Waals surface area contributed by atoms with Gasteiger partial charge in [0.2, 0.25) is 11.1 Å². The van der Waals surface area contributed by atoms with Crippen LogP contribution in [-0.2, 0) is 4.79 Å². The minimum atomic E-state index is -0.224. The number of nitrogens with zero attached hydrogens (tertiary/aromatic N) is 4. The number of carbonyl (C=O) groups excluding carboxylic acids is 1. The van der Waals surface area contributed by atoms with E-state index in [4.69, 9.17) is 15.0 Å². The zero-order valence-electron chi connectivity index (χ0n) is 15.2. The number of aromatic nitrogens is 3. The lowest BCUT2D eigenvalue weighted by molar-refractivity contribution is -0.113. The Bertz CT molecular complexity index is 983. The first-order chi connectivity index (χ1) is 13.6. The standard InChI is InChI=1S/C17H19N7O3S/c1-11-7-8-12(27-11)9-19-21-16-22-23-17(24(16)18)28-10-15(25)20-13-5-3-4-6-14(13)26-2/h3-9H,10,18H2,1-2H3,(H,20,25)(H,21,22)/b19-9+. The molecule has 0 bridgehead atoms. The number of carbonyl (C=O) groups is 1. The second-order valence-electron chi connectivity index (χ2n) is 5.53. The molecular formula is C17H19N7O3S. The van der Waals surface area contributed by atoms with Crippen LogP contribution in [0.4, 0.5) is 11.6 Å². The Kier molecular flexibility index (Phi) is 6.17. The number of nitrogens with two attached hydrogens (primary N) is 1. The maximum absolute atomic E-state index is 12.2. The molecule has 2 aromatic heterocycles. The lowest BCUT2D eigenvalue weighted by Gasteiger charge is -2.09. The highest BCUT2D eigenvalue weighted by Gasteiger charge is 2.13. The first-order valence-electron chi connectivity index (χ1n) is 8.18. The second kappa shape index (κ2) is 8.95. The molecule has 28 heavy (non-hydrogen) atoms. The molecule has 10 nitrogen and oxygen atoms in total. The number of para-hydroxylation sites is 2. The molecule has 0 atom stereocenters. The molecule has 0 spiro atoms. The summed E-state index contributed by atoms with van der Waals surface area (Å²) in [4.78, 5) is 12.2. The summed E-state index contributed by atoms with van der Waals surface area (Å²) in [7, 11) is 1.54. The Morgan fingerprint density at radius 1 is 1.36 bits per heavy atom. The summed E-state index contributed by atoms with van der Waals surface area (Å²) in [6.45, 7) is 1.84. The second-order valence-corrected chi connectivity index (χ2v) is 6.47. The third kappa shape index (κ3) is 4.82. The van der Waals surface area contributed by atoms with Crippen molar-refractivity contribution in [2.75, 3.05) is 29.4 Å². The quantitative estimate of drug-likeness (QED) is 0.226. The predicted octanol–water partition coefficient (Wildman–Crippen LogP) is 2.08. The van der Waals surface area contributed by atoms with Gasteiger partial charge in [-0.05, 0) is 31.2 Å². The van der Waals surface area contributed by atoms with Crippen molar-refractivity contribution >= 4 is 35.5 Å². The summed E-state index contributed by atoms with van der Waals surface area (Å²) in [6, 6.07) is 10.8. The fraction of sp³-hybridized carbons (Fsp3) is 0.176.